The molecular formula is C26H29N5O2. The minimum atomic E-state index is -0.159. The zero-order valence-corrected chi connectivity index (χ0v) is 19.0. The number of carbonyl (C=O) groups excluding carboxylic acids is 1. The van der Waals surface area contributed by atoms with Gasteiger partial charge >= 0.3 is 0 Å². The fourth-order valence-corrected chi connectivity index (χ4v) is 4.61. The molecule has 1 aliphatic rings. The van der Waals surface area contributed by atoms with Gasteiger partial charge in [-0.2, -0.15) is 5.10 Å². The fourth-order valence-electron chi connectivity index (χ4n) is 4.61. The Morgan fingerprint density at radius 2 is 1.91 bits per heavy atom. The van der Waals surface area contributed by atoms with E-state index in [1.165, 1.54) is 0 Å². The van der Waals surface area contributed by atoms with E-state index in [1.54, 1.807) is 12.4 Å². The first-order valence-corrected chi connectivity index (χ1v) is 11.6. The molecule has 0 radical (unpaired) electrons. The molecule has 0 unspecified atom stereocenters. The van der Waals surface area contributed by atoms with E-state index in [9.17, 15) is 4.79 Å². The van der Waals surface area contributed by atoms with Crippen LogP contribution in [0, 0.1) is 0 Å². The predicted octanol–water partition coefficient (Wildman–Crippen LogP) is 4.69. The number of pyridine rings is 1. The number of anilines is 1. The molecule has 0 aliphatic carbocycles. The molecule has 1 aliphatic heterocycles. The lowest BCUT2D eigenvalue weighted by Gasteiger charge is -2.26. The van der Waals surface area contributed by atoms with Crippen LogP contribution in [-0.2, 0) is 11.3 Å². The van der Waals surface area contributed by atoms with Gasteiger partial charge in [0.2, 0.25) is 0 Å². The first kappa shape index (κ1) is 21.4. The highest BCUT2D eigenvalue weighted by atomic mass is 16.5. The number of ether oxygens (including phenoxy) is 1. The number of nitrogens with one attached hydrogen (secondary N) is 2. The Labute approximate surface area is 193 Å². The summed E-state index contributed by atoms with van der Waals surface area (Å²) in [6, 6.07) is 14.5. The number of hydrogen-bond donors (Lipinski definition) is 2. The molecule has 2 N–H and O–H groups in total. The average molecular weight is 444 g/mol. The lowest BCUT2D eigenvalue weighted by Crippen LogP contribution is -2.31. The number of aryl methyl sites for hydroxylation is 1. The highest BCUT2D eigenvalue weighted by Crippen LogP contribution is 2.30. The second kappa shape index (κ2) is 9.19. The molecular weight excluding hydrogens is 414 g/mol. The van der Waals surface area contributed by atoms with Crippen molar-refractivity contribution in [1.82, 2.24) is 20.1 Å². The Kier molecular flexibility index (Phi) is 5.96. The predicted molar refractivity (Wildman–Crippen MR) is 130 cm³/mol. The van der Waals surface area contributed by atoms with Crippen LogP contribution in [0.1, 0.15) is 48.7 Å². The number of aromatic nitrogens is 3. The number of nitrogens with zero attached hydrogens (tertiary/aromatic N) is 3. The van der Waals surface area contributed by atoms with Crippen molar-refractivity contribution in [3.8, 4) is 0 Å². The molecule has 1 amide bonds. The summed E-state index contributed by atoms with van der Waals surface area (Å²) in [5.41, 5.74) is 3.21. The Bertz CT molecular complexity index is 1290. The van der Waals surface area contributed by atoms with Gasteiger partial charge in [0.25, 0.3) is 5.91 Å². The van der Waals surface area contributed by atoms with Crippen molar-refractivity contribution in [3.05, 3.63) is 66.0 Å². The lowest BCUT2D eigenvalue weighted by molar-refractivity contribution is 0.0903. The summed E-state index contributed by atoms with van der Waals surface area (Å²) in [5, 5.41) is 14.5. The van der Waals surface area contributed by atoms with Crippen LogP contribution in [0.3, 0.4) is 0 Å². The Morgan fingerprint density at radius 3 is 2.73 bits per heavy atom. The standard InChI is InChI=1S/C26H29N5O2/c1-3-31-25-22(16-28-31)24(30-19-11-13-33-14-12-19)23(15-27-25)26(32)29-17(2)20-10-6-8-18-7-4-5-9-21(18)20/h4-10,15-17,19H,3,11-14H2,1-2H3,(H,27,30)(H,29,32)/t17-/m0/s1. The van der Waals surface area contributed by atoms with Crippen LogP contribution in [0.25, 0.3) is 21.8 Å². The molecule has 1 saturated heterocycles. The summed E-state index contributed by atoms with van der Waals surface area (Å²) in [6.07, 6.45) is 5.28. The van der Waals surface area contributed by atoms with Crippen LogP contribution < -0.4 is 10.6 Å². The summed E-state index contributed by atoms with van der Waals surface area (Å²) in [7, 11) is 0. The summed E-state index contributed by atoms with van der Waals surface area (Å²) in [5.74, 6) is -0.149. The first-order valence-electron chi connectivity index (χ1n) is 11.6. The van der Waals surface area contributed by atoms with E-state index in [4.69, 9.17) is 4.74 Å². The molecule has 2 aromatic carbocycles. The highest BCUT2D eigenvalue weighted by Gasteiger charge is 2.23. The summed E-state index contributed by atoms with van der Waals surface area (Å²) < 4.78 is 7.36. The number of rotatable bonds is 6. The van der Waals surface area contributed by atoms with Gasteiger partial charge in [-0.25, -0.2) is 9.67 Å². The van der Waals surface area contributed by atoms with Gasteiger partial charge in [-0.15, -0.1) is 0 Å². The number of hydrogen-bond acceptors (Lipinski definition) is 5. The molecule has 7 nitrogen and oxygen atoms in total. The van der Waals surface area contributed by atoms with E-state index < -0.39 is 0 Å². The zero-order chi connectivity index (χ0) is 22.8. The SMILES string of the molecule is CCn1ncc2c(NC3CCOCC3)c(C(=O)N[C@@H](C)c3cccc4ccccc34)cnc21. The van der Waals surface area contributed by atoms with E-state index in [0.29, 0.717) is 5.56 Å². The maximum absolute atomic E-state index is 13.5. The van der Waals surface area contributed by atoms with Gasteiger partial charge in [0.15, 0.2) is 5.65 Å². The second-order valence-electron chi connectivity index (χ2n) is 8.54. The van der Waals surface area contributed by atoms with Gasteiger partial charge in [-0.3, -0.25) is 4.79 Å². The van der Waals surface area contributed by atoms with Gasteiger partial charge in [0, 0.05) is 32.0 Å². The summed E-state index contributed by atoms with van der Waals surface area (Å²) in [6.45, 7) is 6.22. The van der Waals surface area contributed by atoms with Crippen molar-refractivity contribution in [2.45, 2.75) is 45.3 Å². The van der Waals surface area contributed by atoms with Crippen LogP contribution in [-0.4, -0.2) is 39.9 Å². The van der Waals surface area contributed by atoms with Crippen LogP contribution in [0.15, 0.2) is 54.9 Å². The van der Waals surface area contributed by atoms with Crippen molar-refractivity contribution >= 4 is 33.4 Å². The smallest absolute Gasteiger partial charge is 0.255 e. The molecule has 33 heavy (non-hydrogen) atoms. The quantitative estimate of drug-likeness (QED) is 0.452. The van der Waals surface area contributed by atoms with Crippen molar-refractivity contribution in [2.24, 2.45) is 0 Å². The minimum absolute atomic E-state index is 0.149. The molecule has 7 heteroatoms. The molecule has 2 aromatic heterocycles. The molecule has 0 saturated carbocycles. The fraction of sp³-hybridized carbons (Fsp3) is 0.346. The van der Waals surface area contributed by atoms with Gasteiger partial charge < -0.3 is 15.4 Å². The van der Waals surface area contributed by atoms with Crippen LogP contribution in [0.4, 0.5) is 5.69 Å². The van der Waals surface area contributed by atoms with Crippen molar-refractivity contribution in [3.63, 3.8) is 0 Å². The number of benzene rings is 2. The van der Waals surface area contributed by atoms with Gasteiger partial charge in [0.1, 0.15) is 0 Å². The molecule has 5 rings (SSSR count). The van der Waals surface area contributed by atoms with Crippen LogP contribution in [0.2, 0.25) is 0 Å². The van der Waals surface area contributed by atoms with Gasteiger partial charge in [-0.05, 0) is 43.0 Å². The van der Waals surface area contributed by atoms with E-state index in [2.05, 4.69) is 45.0 Å². The Balaban J connectivity index is 1.48. The lowest BCUT2D eigenvalue weighted by atomic mass is 9.99. The van der Waals surface area contributed by atoms with Crippen molar-refractivity contribution in [2.75, 3.05) is 18.5 Å². The van der Waals surface area contributed by atoms with E-state index in [0.717, 1.165) is 65.7 Å². The number of fused-ring (bicyclic) bond motifs is 2. The molecule has 1 fully saturated rings. The number of carbonyl (C=O) groups is 1. The average Bonchev–Trinajstić information content (AvgIpc) is 3.28. The van der Waals surface area contributed by atoms with E-state index >= 15 is 0 Å². The molecule has 0 bridgehead atoms. The van der Waals surface area contributed by atoms with Gasteiger partial charge in [-0.1, -0.05) is 42.5 Å². The highest BCUT2D eigenvalue weighted by molar-refractivity contribution is 6.06. The summed E-state index contributed by atoms with van der Waals surface area (Å²) >= 11 is 0. The molecule has 3 heterocycles. The summed E-state index contributed by atoms with van der Waals surface area (Å²) in [4.78, 5) is 18.1. The third kappa shape index (κ3) is 4.16. The van der Waals surface area contributed by atoms with E-state index in [-0.39, 0.29) is 18.0 Å². The van der Waals surface area contributed by atoms with Gasteiger partial charge in [0.05, 0.1) is 28.9 Å². The van der Waals surface area contributed by atoms with E-state index in [1.807, 2.05) is 36.7 Å². The largest absolute Gasteiger partial charge is 0.381 e. The molecule has 170 valence electrons. The minimum Gasteiger partial charge on any atom is -0.381 e. The normalized spacial score (nSPS) is 15.6. The Hall–Kier alpha value is -3.45. The second-order valence-corrected chi connectivity index (χ2v) is 8.54. The maximum Gasteiger partial charge on any atom is 0.255 e. The third-order valence-corrected chi connectivity index (χ3v) is 6.42. The van der Waals surface area contributed by atoms with Crippen molar-refractivity contribution in [1.29, 1.82) is 0 Å². The molecule has 1 atom stereocenters. The van der Waals surface area contributed by atoms with Crippen LogP contribution in [0.5, 0.6) is 0 Å². The van der Waals surface area contributed by atoms with Crippen LogP contribution >= 0.6 is 0 Å². The first-order chi connectivity index (χ1) is 16.2. The maximum atomic E-state index is 13.5. The Morgan fingerprint density at radius 1 is 1.12 bits per heavy atom. The zero-order valence-electron chi connectivity index (χ0n) is 19.0. The van der Waals surface area contributed by atoms with Crippen molar-refractivity contribution < 1.29 is 9.53 Å². The topological polar surface area (TPSA) is 81.1 Å². The molecule has 0 spiro atoms. The third-order valence-electron chi connectivity index (χ3n) is 6.42. The molecule has 4 aromatic rings. The monoisotopic (exact) mass is 443 g/mol. The number of amides is 1.